The molecule has 0 radical (unpaired) electrons. The number of rotatable bonds is 3. The van der Waals surface area contributed by atoms with Crippen molar-refractivity contribution >= 4 is 21.8 Å². The summed E-state index contributed by atoms with van der Waals surface area (Å²) in [5.74, 6) is -0.0492. The van der Waals surface area contributed by atoms with Gasteiger partial charge in [0.2, 0.25) is 5.91 Å². The monoisotopic (exact) mass is 312 g/mol. The molecule has 1 atom stereocenters. The number of halogens is 1. The van der Waals surface area contributed by atoms with E-state index in [1.807, 2.05) is 18.2 Å². The Hall–Kier alpha value is -0.910. The molecule has 1 unspecified atom stereocenters. The number of hydrogen-bond donors (Lipinski definition) is 1. The highest BCUT2D eigenvalue weighted by atomic mass is 79.9. The number of carbonyl (C=O) groups excluding carboxylic acids is 1. The van der Waals surface area contributed by atoms with Crippen molar-refractivity contribution in [2.45, 2.75) is 12.6 Å². The third kappa shape index (κ3) is 3.31. The topological polar surface area (TPSA) is 41.6 Å². The van der Waals surface area contributed by atoms with Gasteiger partial charge >= 0.3 is 0 Å². The average molecular weight is 313 g/mol. The molecule has 0 aliphatic carbocycles. The summed E-state index contributed by atoms with van der Waals surface area (Å²) in [6.07, 6.45) is -0.355. The van der Waals surface area contributed by atoms with Gasteiger partial charge in [-0.1, -0.05) is 34.1 Å². The first-order chi connectivity index (χ1) is 8.70. The van der Waals surface area contributed by atoms with Crippen LogP contribution in [0.25, 0.3) is 0 Å². The first kappa shape index (κ1) is 13.5. The van der Waals surface area contributed by atoms with E-state index in [9.17, 15) is 4.79 Å². The third-order valence-corrected chi connectivity index (χ3v) is 3.81. The second-order valence-electron chi connectivity index (χ2n) is 4.30. The molecule has 0 bridgehead atoms. The molecule has 1 fully saturated rings. The van der Waals surface area contributed by atoms with E-state index in [0.29, 0.717) is 13.2 Å². The van der Waals surface area contributed by atoms with E-state index < -0.39 is 0 Å². The molecule has 4 nitrogen and oxygen atoms in total. The minimum Gasteiger partial charge on any atom is -0.366 e. The predicted molar refractivity (Wildman–Crippen MR) is 73.2 cm³/mol. The zero-order valence-electron chi connectivity index (χ0n) is 10.4. The molecule has 5 heteroatoms. The summed E-state index contributed by atoms with van der Waals surface area (Å²) in [7, 11) is 1.64. The SMILES string of the molecule is CNC(=O)C1CN(Cc2ccccc2Br)CCO1. The Morgan fingerprint density at radius 1 is 1.56 bits per heavy atom. The molecule has 98 valence electrons. The number of carbonyl (C=O) groups is 1. The molecule has 0 spiro atoms. The summed E-state index contributed by atoms with van der Waals surface area (Å²) in [6.45, 7) is 2.93. The number of ether oxygens (including phenoxy) is 1. The van der Waals surface area contributed by atoms with Crippen molar-refractivity contribution in [1.29, 1.82) is 0 Å². The smallest absolute Gasteiger partial charge is 0.250 e. The molecular formula is C13H17BrN2O2. The second-order valence-corrected chi connectivity index (χ2v) is 5.15. The van der Waals surface area contributed by atoms with E-state index in [1.165, 1.54) is 5.56 Å². The standard InChI is InChI=1S/C13H17BrN2O2/c1-15-13(17)12-9-16(6-7-18-12)8-10-4-2-3-5-11(10)14/h2-5,12H,6-9H2,1H3,(H,15,17). The Labute approximate surface area is 115 Å². The maximum absolute atomic E-state index is 11.6. The summed E-state index contributed by atoms with van der Waals surface area (Å²) in [6, 6.07) is 8.15. The molecule has 18 heavy (non-hydrogen) atoms. The van der Waals surface area contributed by atoms with Crippen LogP contribution in [0, 0.1) is 0 Å². The Morgan fingerprint density at radius 3 is 3.06 bits per heavy atom. The van der Waals surface area contributed by atoms with E-state index in [-0.39, 0.29) is 12.0 Å². The van der Waals surface area contributed by atoms with E-state index in [4.69, 9.17) is 4.74 Å². The van der Waals surface area contributed by atoms with Gasteiger partial charge in [-0.25, -0.2) is 0 Å². The van der Waals surface area contributed by atoms with Gasteiger partial charge in [-0.05, 0) is 11.6 Å². The highest BCUT2D eigenvalue weighted by Crippen LogP contribution is 2.19. The lowest BCUT2D eigenvalue weighted by Gasteiger charge is -2.32. The van der Waals surface area contributed by atoms with Crippen LogP contribution in [0.2, 0.25) is 0 Å². The van der Waals surface area contributed by atoms with Crippen molar-refractivity contribution in [3.05, 3.63) is 34.3 Å². The normalized spacial score (nSPS) is 20.7. The van der Waals surface area contributed by atoms with Crippen LogP contribution in [-0.4, -0.2) is 43.7 Å². The maximum atomic E-state index is 11.6. The maximum Gasteiger partial charge on any atom is 0.250 e. The van der Waals surface area contributed by atoms with Crippen molar-refractivity contribution in [3.8, 4) is 0 Å². The molecule has 0 aromatic heterocycles. The van der Waals surface area contributed by atoms with Gasteiger partial charge in [0.1, 0.15) is 6.10 Å². The van der Waals surface area contributed by atoms with Crippen LogP contribution in [0.15, 0.2) is 28.7 Å². The minimum atomic E-state index is -0.355. The third-order valence-electron chi connectivity index (χ3n) is 3.04. The molecular weight excluding hydrogens is 296 g/mol. The lowest BCUT2D eigenvalue weighted by molar-refractivity contribution is -0.138. The van der Waals surface area contributed by atoms with E-state index >= 15 is 0 Å². The summed E-state index contributed by atoms with van der Waals surface area (Å²) in [5, 5.41) is 2.63. The number of nitrogens with zero attached hydrogens (tertiary/aromatic N) is 1. The van der Waals surface area contributed by atoms with Gasteiger partial charge in [0.25, 0.3) is 0 Å². The van der Waals surface area contributed by atoms with Crippen molar-refractivity contribution in [2.24, 2.45) is 0 Å². The molecule has 1 aliphatic rings. The lowest BCUT2D eigenvalue weighted by Crippen LogP contribution is -2.48. The Kier molecular flexibility index (Phi) is 4.74. The molecule has 2 rings (SSSR count). The molecule has 1 heterocycles. The van der Waals surface area contributed by atoms with Crippen molar-refractivity contribution in [3.63, 3.8) is 0 Å². The average Bonchev–Trinajstić information content (AvgIpc) is 2.41. The minimum absolute atomic E-state index is 0.0492. The van der Waals surface area contributed by atoms with Crippen LogP contribution in [-0.2, 0) is 16.1 Å². The molecule has 1 amide bonds. The second kappa shape index (κ2) is 6.31. The lowest BCUT2D eigenvalue weighted by atomic mass is 10.2. The summed E-state index contributed by atoms with van der Waals surface area (Å²) in [4.78, 5) is 13.8. The van der Waals surface area contributed by atoms with Gasteiger partial charge in [-0.2, -0.15) is 0 Å². The van der Waals surface area contributed by atoms with Crippen LogP contribution < -0.4 is 5.32 Å². The molecule has 0 saturated carbocycles. The highest BCUT2D eigenvalue weighted by molar-refractivity contribution is 9.10. The van der Waals surface area contributed by atoms with E-state index in [2.05, 4.69) is 32.2 Å². The van der Waals surface area contributed by atoms with E-state index in [0.717, 1.165) is 17.6 Å². The number of morpholine rings is 1. The van der Waals surface area contributed by atoms with E-state index in [1.54, 1.807) is 7.05 Å². The molecule has 1 aromatic carbocycles. The fourth-order valence-electron chi connectivity index (χ4n) is 2.03. The molecule has 1 aliphatic heterocycles. The van der Waals surface area contributed by atoms with Crippen molar-refractivity contribution in [2.75, 3.05) is 26.7 Å². The Balaban J connectivity index is 1.98. The van der Waals surface area contributed by atoms with Gasteiger partial charge in [0.05, 0.1) is 6.61 Å². The van der Waals surface area contributed by atoms with Gasteiger partial charge in [0.15, 0.2) is 0 Å². The Morgan fingerprint density at radius 2 is 2.33 bits per heavy atom. The van der Waals surface area contributed by atoms with Crippen LogP contribution in [0.3, 0.4) is 0 Å². The number of amides is 1. The van der Waals surface area contributed by atoms with Gasteiger partial charge < -0.3 is 10.1 Å². The van der Waals surface area contributed by atoms with Crippen LogP contribution >= 0.6 is 15.9 Å². The van der Waals surface area contributed by atoms with Crippen LogP contribution in [0.4, 0.5) is 0 Å². The highest BCUT2D eigenvalue weighted by Gasteiger charge is 2.25. The summed E-state index contributed by atoms with van der Waals surface area (Å²) >= 11 is 3.54. The van der Waals surface area contributed by atoms with Crippen LogP contribution in [0.1, 0.15) is 5.56 Å². The number of benzene rings is 1. The predicted octanol–water partition coefficient (Wildman–Crippen LogP) is 1.40. The zero-order valence-corrected chi connectivity index (χ0v) is 11.9. The fourth-order valence-corrected chi connectivity index (χ4v) is 2.44. The van der Waals surface area contributed by atoms with Crippen molar-refractivity contribution < 1.29 is 9.53 Å². The Bertz CT molecular complexity index is 425. The zero-order chi connectivity index (χ0) is 13.0. The quantitative estimate of drug-likeness (QED) is 0.917. The number of nitrogens with one attached hydrogen (secondary N) is 1. The number of likely N-dealkylation sites (N-methyl/N-ethyl adjacent to an activating group) is 1. The molecule has 1 N–H and O–H groups in total. The summed E-state index contributed by atoms with van der Waals surface area (Å²) < 4.78 is 6.57. The first-order valence-corrected chi connectivity index (χ1v) is 6.79. The molecule has 1 saturated heterocycles. The number of hydrogen-bond acceptors (Lipinski definition) is 3. The van der Waals surface area contributed by atoms with Gasteiger partial charge in [-0.15, -0.1) is 0 Å². The largest absolute Gasteiger partial charge is 0.366 e. The first-order valence-electron chi connectivity index (χ1n) is 5.99. The van der Waals surface area contributed by atoms with Crippen LogP contribution in [0.5, 0.6) is 0 Å². The fraction of sp³-hybridized carbons (Fsp3) is 0.462. The van der Waals surface area contributed by atoms with Crippen molar-refractivity contribution in [1.82, 2.24) is 10.2 Å². The van der Waals surface area contributed by atoms with Gasteiger partial charge in [0, 0.05) is 31.2 Å². The van der Waals surface area contributed by atoms with Gasteiger partial charge in [-0.3, -0.25) is 9.69 Å². The summed E-state index contributed by atoms with van der Waals surface area (Å²) in [5.41, 5.74) is 1.23. The molecule has 1 aromatic rings.